The SMILES string of the molecule is CCC/C(C)=C\CCC(C)C. The van der Waals surface area contributed by atoms with Crippen LogP contribution in [0.1, 0.15) is 53.4 Å². The van der Waals surface area contributed by atoms with Crippen molar-refractivity contribution in [3.05, 3.63) is 11.6 Å². The van der Waals surface area contributed by atoms with E-state index < -0.39 is 0 Å². The van der Waals surface area contributed by atoms with Gasteiger partial charge in [-0.05, 0) is 32.1 Å². The van der Waals surface area contributed by atoms with E-state index >= 15 is 0 Å². The van der Waals surface area contributed by atoms with Crippen LogP contribution in [0.4, 0.5) is 0 Å². The lowest BCUT2D eigenvalue weighted by atomic mass is 10.1. The molecule has 0 radical (unpaired) electrons. The van der Waals surface area contributed by atoms with Crippen LogP contribution in [0.5, 0.6) is 0 Å². The molecule has 0 amide bonds. The third-order valence-electron chi connectivity index (χ3n) is 1.88. The summed E-state index contributed by atoms with van der Waals surface area (Å²) in [5.41, 5.74) is 1.56. The van der Waals surface area contributed by atoms with Crippen LogP contribution in [0.2, 0.25) is 0 Å². The minimum absolute atomic E-state index is 0.848. The largest absolute Gasteiger partial charge is 0.0856 e. The summed E-state index contributed by atoms with van der Waals surface area (Å²) < 4.78 is 0. The second kappa shape index (κ2) is 6.45. The summed E-state index contributed by atoms with van der Waals surface area (Å²) >= 11 is 0. The highest BCUT2D eigenvalue weighted by atomic mass is 14.0. The predicted octanol–water partition coefficient (Wildman–Crippen LogP) is 4.17. The highest BCUT2D eigenvalue weighted by Crippen LogP contribution is 2.09. The van der Waals surface area contributed by atoms with Gasteiger partial charge < -0.3 is 0 Å². The van der Waals surface area contributed by atoms with E-state index in [9.17, 15) is 0 Å². The number of allylic oxidation sites excluding steroid dienone is 2. The maximum atomic E-state index is 2.39. The molecule has 0 heteroatoms. The monoisotopic (exact) mass is 154 g/mol. The molecule has 0 saturated carbocycles. The molecule has 0 spiro atoms. The minimum atomic E-state index is 0.848. The van der Waals surface area contributed by atoms with Crippen molar-refractivity contribution in [1.29, 1.82) is 0 Å². The molecule has 0 atom stereocenters. The number of hydrogen-bond acceptors (Lipinski definition) is 0. The van der Waals surface area contributed by atoms with Gasteiger partial charge in [-0.25, -0.2) is 0 Å². The predicted molar refractivity (Wildman–Crippen MR) is 52.7 cm³/mol. The van der Waals surface area contributed by atoms with E-state index in [4.69, 9.17) is 0 Å². The first kappa shape index (κ1) is 10.7. The molecule has 0 unspecified atom stereocenters. The van der Waals surface area contributed by atoms with Gasteiger partial charge in [0.25, 0.3) is 0 Å². The maximum Gasteiger partial charge on any atom is -0.0326 e. The molecule has 66 valence electrons. The van der Waals surface area contributed by atoms with E-state index in [2.05, 4.69) is 33.8 Å². The third-order valence-corrected chi connectivity index (χ3v) is 1.88. The van der Waals surface area contributed by atoms with Crippen LogP contribution in [0.3, 0.4) is 0 Å². The first-order valence-corrected chi connectivity index (χ1v) is 4.82. The van der Waals surface area contributed by atoms with Crippen LogP contribution in [0.15, 0.2) is 11.6 Å². The Hall–Kier alpha value is -0.260. The van der Waals surface area contributed by atoms with Gasteiger partial charge >= 0.3 is 0 Å². The summed E-state index contributed by atoms with van der Waals surface area (Å²) in [6.07, 6.45) is 7.55. The topological polar surface area (TPSA) is 0 Å². The molecule has 0 rings (SSSR count). The van der Waals surface area contributed by atoms with Crippen molar-refractivity contribution >= 4 is 0 Å². The molecule has 11 heavy (non-hydrogen) atoms. The van der Waals surface area contributed by atoms with Gasteiger partial charge in [0, 0.05) is 0 Å². The van der Waals surface area contributed by atoms with Crippen molar-refractivity contribution in [1.82, 2.24) is 0 Å². The van der Waals surface area contributed by atoms with Crippen LogP contribution in [-0.4, -0.2) is 0 Å². The normalized spacial score (nSPS) is 12.6. The average Bonchev–Trinajstić information content (AvgIpc) is 1.87. The van der Waals surface area contributed by atoms with Gasteiger partial charge in [0.05, 0.1) is 0 Å². The first-order chi connectivity index (χ1) is 5.16. The van der Waals surface area contributed by atoms with E-state index in [-0.39, 0.29) is 0 Å². The molecule has 0 aliphatic carbocycles. The molecule has 0 aliphatic rings. The van der Waals surface area contributed by atoms with Gasteiger partial charge in [0.15, 0.2) is 0 Å². The average molecular weight is 154 g/mol. The van der Waals surface area contributed by atoms with Crippen molar-refractivity contribution in [2.45, 2.75) is 53.4 Å². The smallest absolute Gasteiger partial charge is 0.0326 e. The van der Waals surface area contributed by atoms with Crippen LogP contribution in [-0.2, 0) is 0 Å². The lowest BCUT2D eigenvalue weighted by molar-refractivity contribution is 0.592. The molecule has 0 nitrogen and oxygen atoms in total. The Morgan fingerprint density at radius 1 is 1.36 bits per heavy atom. The fraction of sp³-hybridized carbons (Fsp3) is 0.818. The van der Waals surface area contributed by atoms with Crippen molar-refractivity contribution in [3.8, 4) is 0 Å². The molecule has 0 aliphatic heterocycles. The highest BCUT2D eigenvalue weighted by Gasteiger charge is 1.91. The molecule has 0 heterocycles. The summed E-state index contributed by atoms with van der Waals surface area (Å²) in [5, 5.41) is 0. The van der Waals surface area contributed by atoms with Crippen LogP contribution >= 0.6 is 0 Å². The van der Waals surface area contributed by atoms with Crippen LogP contribution in [0.25, 0.3) is 0 Å². The van der Waals surface area contributed by atoms with Crippen molar-refractivity contribution in [2.75, 3.05) is 0 Å². The molecule has 0 aromatic carbocycles. The maximum absolute atomic E-state index is 2.39. The zero-order valence-electron chi connectivity index (χ0n) is 8.48. The van der Waals surface area contributed by atoms with Crippen molar-refractivity contribution in [2.24, 2.45) is 5.92 Å². The molecule has 0 N–H and O–H groups in total. The van der Waals surface area contributed by atoms with Gasteiger partial charge in [-0.15, -0.1) is 0 Å². The Balaban J connectivity index is 3.39. The lowest BCUT2D eigenvalue weighted by Gasteiger charge is -2.01. The fourth-order valence-electron chi connectivity index (χ4n) is 1.16. The molecule has 0 fully saturated rings. The summed E-state index contributed by atoms with van der Waals surface area (Å²) in [7, 11) is 0. The second-order valence-electron chi connectivity index (χ2n) is 3.77. The fourth-order valence-corrected chi connectivity index (χ4v) is 1.16. The minimum Gasteiger partial charge on any atom is -0.0856 e. The third kappa shape index (κ3) is 7.64. The van der Waals surface area contributed by atoms with Gasteiger partial charge in [-0.1, -0.05) is 38.8 Å². The standard InChI is InChI=1S/C11H22/c1-5-7-11(4)9-6-8-10(2)3/h9-10H,5-8H2,1-4H3/b11-9-. The molecule has 0 aromatic rings. The number of hydrogen-bond donors (Lipinski definition) is 0. The first-order valence-electron chi connectivity index (χ1n) is 4.82. The summed E-state index contributed by atoms with van der Waals surface area (Å²) in [5.74, 6) is 0.848. The van der Waals surface area contributed by atoms with Crippen LogP contribution in [0, 0.1) is 5.92 Å². The molecule has 0 aromatic heterocycles. The zero-order valence-corrected chi connectivity index (χ0v) is 8.48. The molecule has 0 saturated heterocycles. The Morgan fingerprint density at radius 3 is 2.45 bits per heavy atom. The van der Waals surface area contributed by atoms with Crippen molar-refractivity contribution < 1.29 is 0 Å². The summed E-state index contributed by atoms with van der Waals surface area (Å²) in [4.78, 5) is 0. The zero-order chi connectivity index (χ0) is 8.69. The van der Waals surface area contributed by atoms with E-state index in [0.29, 0.717) is 0 Å². The molecular formula is C11H22. The molecule has 0 bridgehead atoms. The Kier molecular flexibility index (Phi) is 6.30. The van der Waals surface area contributed by atoms with Gasteiger partial charge in [-0.3, -0.25) is 0 Å². The quantitative estimate of drug-likeness (QED) is 0.521. The van der Waals surface area contributed by atoms with E-state index in [1.54, 1.807) is 5.57 Å². The van der Waals surface area contributed by atoms with Crippen molar-refractivity contribution in [3.63, 3.8) is 0 Å². The van der Waals surface area contributed by atoms with Gasteiger partial charge in [0.2, 0.25) is 0 Å². The Morgan fingerprint density at radius 2 is 2.00 bits per heavy atom. The number of rotatable bonds is 5. The summed E-state index contributed by atoms with van der Waals surface area (Å²) in [6.45, 7) is 9.04. The Labute approximate surface area is 71.7 Å². The van der Waals surface area contributed by atoms with Gasteiger partial charge in [-0.2, -0.15) is 0 Å². The van der Waals surface area contributed by atoms with Gasteiger partial charge in [0.1, 0.15) is 0 Å². The van der Waals surface area contributed by atoms with E-state index in [1.165, 1.54) is 25.7 Å². The lowest BCUT2D eigenvalue weighted by Crippen LogP contribution is -1.85. The second-order valence-corrected chi connectivity index (χ2v) is 3.77. The van der Waals surface area contributed by atoms with E-state index in [1.807, 2.05) is 0 Å². The summed E-state index contributed by atoms with van der Waals surface area (Å²) in [6, 6.07) is 0. The van der Waals surface area contributed by atoms with E-state index in [0.717, 1.165) is 5.92 Å². The van der Waals surface area contributed by atoms with Crippen LogP contribution < -0.4 is 0 Å². The highest BCUT2D eigenvalue weighted by molar-refractivity contribution is 4.97. The Bertz CT molecular complexity index is 109. The molecular weight excluding hydrogens is 132 g/mol.